The summed E-state index contributed by atoms with van der Waals surface area (Å²) in [5.41, 5.74) is 1.13. The Morgan fingerprint density at radius 2 is 1.78 bits per heavy atom. The zero-order valence-electron chi connectivity index (χ0n) is 13.6. The highest BCUT2D eigenvalue weighted by Crippen LogP contribution is 2.32. The van der Waals surface area contributed by atoms with Gasteiger partial charge in [-0.25, -0.2) is 9.97 Å². The zero-order chi connectivity index (χ0) is 15.5. The van der Waals surface area contributed by atoms with Crippen LogP contribution in [0.5, 0.6) is 0 Å². The van der Waals surface area contributed by atoms with Crippen molar-refractivity contribution < 1.29 is 0 Å². The molecule has 0 unspecified atom stereocenters. The van der Waals surface area contributed by atoms with Gasteiger partial charge in [-0.15, -0.1) is 0 Å². The topological polar surface area (TPSA) is 46.8 Å². The summed E-state index contributed by atoms with van der Waals surface area (Å²) < 4.78 is 1.99. The van der Waals surface area contributed by atoms with E-state index in [0.29, 0.717) is 5.92 Å². The number of piperidine rings is 1. The lowest BCUT2D eigenvalue weighted by molar-refractivity contribution is 0.118. The van der Waals surface area contributed by atoms with Gasteiger partial charge in [-0.1, -0.05) is 19.3 Å². The van der Waals surface area contributed by atoms with E-state index in [2.05, 4.69) is 14.9 Å². The Morgan fingerprint density at radius 1 is 0.913 bits per heavy atom. The molecule has 0 aromatic carbocycles. The molecule has 2 aromatic rings. The van der Waals surface area contributed by atoms with E-state index >= 15 is 0 Å². The fourth-order valence-electron chi connectivity index (χ4n) is 4.22. The molecule has 0 spiro atoms. The van der Waals surface area contributed by atoms with E-state index in [-0.39, 0.29) is 0 Å². The lowest BCUT2D eigenvalue weighted by Gasteiger charge is -2.40. The van der Waals surface area contributed by atoms with Gasteiger partial charge in [0, 0.05) is 43.3 Å². The van der Waals surface area contributed by atoms with Gasteiger partial charge in [-0.2, -0.15) is 0 Å². The van der Waals surface area contributed by atoms with Crippen LogP contribution in [0.25, 0.3) is 5.82 Å². The largest absolute Gasteiger partial charge is 0.300 e. The highest BCUT2D eigenvalue weighted by molar-refractivity contribution is 5.31. The lowest BCUT2D eigenvalue weighted by atomic mass is 9.89. The van der Waals surface area contributed by atoms with Crippen molar-refractivity contribution in [1.29, 1.82) is 0 Å². The molecular formula is C18H25N5. The molecule has 0 amide bonds. The molecule has 1 saturated heterocycles. The number of nitrogens with zero attached hydrogens (tertiary/aromatic N) is 5. The summed E-state index contributed by atoms with van der Waals surface area (Å²) >= 11 is 0. The van der Waals surface area contributed by atoms with Crippen molar-refractivity contribution in [3.63, 3.8) is 0 Å². The predicted molar refractivity (Wildman–Crippen MR) is 89.6 cm³/mol. The van der Waals surface area contributed by atoms with E-state index in [1.165, 1.54) is 51.5 Å². The molecule has 5 heteroatoms. The minimum atomic E-state index is 0.483. The second kappa shape index (κ2) is 6.79. The van der Waals surface area contributed by atoms with Gasteiger partial charge in [0.2, 0.25) is 0 Å². The van der Waals surface area contributed by atoms with Crippen LogP contribution in [0.4, 0.5) is 0 Å². The van der Waals surface area contributed by atoms with Crippen molar-refractivity contribution in [1.82, 2.24) is 24.4 Å². The Bertz CT molecular complexity index is 618. The lowest BCUT2D eigenvalue weighted by Crippen LogP contribution is -2.43. The summed E-state index contributed by atoms with van der Waals surface area (Å²) in [6.07, 6.45) is 18.6. The quantitative estimate of drug-likeness (QED) is 0.873. The van der Waals surface area contributed by atoms with Crippen molar-refractivity contribution >= 4 is 0 Å². The van der Waals surface area contributed by atoms with Crippen LogP contribution in [-0.4, -0.2) is 43.6 Å². The first kappa shape index (κ1) is 14.8. The molecule has 2 fully saturated rings. The fourth-order valence-corrected chi connectivity index (χ4v) is 4.22. The third-order valence-corrected chi connectivity index (χ3v) is 5.39. The standard InChI is InChI=1S/C18H25N5/c1-2-6-16(7-3-1)22-11-4-5-15(13-22)17-18(21-9-8-20-17)23-12-10-19-14-23/h8-10,12,14-16H,1-7,11,13H2/t15-/m0/s1. The van der Waals surface area contributed by atoms with Crippen LogP contribution in [-0.2, 0) is 0 Å². The molecule has 23 heavy (non-hydrogen) atoms. The molecule has 0 bridgehead atoms. The first-order valence-electron chi connectivity index (χ1n) is 8.95. The van der Waals surface area contributed by atoms with Crippen LogP contribution in [0, 0.1) is 0 Å². The van der Waals surface area contributed by atoms with Gasteiger partial charge in [0.1, 0.15) is 6.33 Å². The maximum Gasteiger partial charge on any atom is 0.160 e. The molecule has 1 aliphatic heterocycles. The van der Waals surface area contributed by atoms with Crippen molar-refractivity contribution in [3.05, 3.63) is 36.8 Å². The number of aromatic nitrogens is 4. The molecule has 2 aromatic heterocycles. The Kier molecular flexibility index (Phi) is 4.37. The van der Waals surface area contributed by atoms with Gasteiger partial charge in [0.05, 0.1) is 5.69 Å². The van der Waals surface area contributed by atoms with Crippen LogP contribution in [0.3, 0.4) is 0 Å². The van der Waals surface area contributed by atoms with E-state index < -0.39 is 0 Å². The van der Waals surface area contributed by atoms with Crippen LogP contribution in [0.2, 0.25) is 0 Å². The fraction of sp³-hybridized carbons (Fsp3) is 0.611. The molecule has 0 radical (unpaired) electrons. The summed E-state index contributed by atoms with van der Waals surface area (Å²) in [6, 6.07) is 0.792. The second-order valence-corrected chi connectivity index (χ2v) is 6.86. The normalized spacial score (nSPS) is 23.9. The maximum absolute atomic E-state index is 4.70. The second-order valence-electron chi connectivity index (χ2n) is 6.86. The average molecular weight is 311 g/mol. The van der Waals surface area contributed by atoms with Crippen LogP contribution < -0.4 is 0 Å². The first-order valence-corrected chi connectivity index (χ1v) is 8.95. The van der Waals surface area contributed by atoms with E-state index in [1.54, 1.807) is 12.4 Å². The molecule has 1 atom stereocenters. The minimum absolute atomic E-state index is 0.483. The molecule has 0 N–H and O–H groups in total. The molecule has 1 saturated carbocycles. The molecule has 1 aliphatic carbocycles. The van der Waals surface area contributed by atoms with Crippen LogP contribution >= 0.6 is 0 Å². The van der Waals surface area contributed by atoms with Crippen LogP contribution in [0.15, 0.2) is 31.1 Å². The third-order valence-electron chi connectivity index (χ3n) is 5.39. The van der Waals surface area contributed by atoms with Gasteiger partial charge in [-0.3, -0.25) is 14.5 Å². The SMILES string of the molecule is c1cn(-c2nccnc2[C@H]2CCCN(C3CCCCC3)C2)cn1. The number of imidazole rings is 1. The van der Waals surface area contributed by atoms with E-state index in [0.717, 1.165) is 24.1 Å². The Morgan fingerprint density at radius 3 is 2.61 bits per heavy atom. The summed E-state index contributed by atoms with van der Waals surface area (Å²) in [5.74, 6) is 1.43. The number of hydrogen-bond donors (Lipinski definition) is 0. The maximum atomic E-state index is 4.70. The highest BCUT2D eigenvalue weighted by Gasteiger charge is 2.29. The summed E-state index contributed by atoms with van der Waals surface area (Å²) in [5, 5.41) is 0. The monoisotopic (exact) mass is 311 g/mol. The van der Waals surface area contributed by atoms with Gasteiger partial charge in [0.15, 0.2) is 5.82 Å². The summed E-state index contributed by atoms with van der Waals surface area (Å²) in [4.78, 5) is 16.2. The first-order chi connectivity index (χ1) is 11.4. The predicted octanol–water partition coefficient (Wildman–Crippen LogP) is 3.17. The van der Waals surface area contributed by atoms with Gasteiger partial charge in [-0.05, 0) is 32.2 Å². The van der Waals surface area contributed by atoms with E-state index in [9.17, 15) is 0 Å². The number of rotatable bonds is 3. The smallest absolute Gasteiger partial charge is 0.160 e. The molecule has 122 valence electrons. The van der Waals surface area contributed by atoms with Gasteiger partial charge < -0.3 is 0 Å². The van der Waals surface area contributed by atoms with Gasteiger partial charge >= 0.3 is 0 Å². The molecule has 3 heterocycles. The summed E-state index contributed by atoms with van der Waals surface area (Å²) in [7, 11) is 0. The van der Waals surface area contributed by atoms with E-state index in [1.807, 2.05) is 23.3 Å². The van der Waals surface area contributed by atoms with Crippen molar-refractivity contribution in [2.45, 2.75) is 56.9 Å². The van der Waals surface area contributed by atoms with Crippen molar-refractivity contribution in [3.8, 4) is 5.82 Å². The van der Waals surface area contributed by atoms with Crippen molar-refractivity contribution in [2.75, 3.05) is 13.1 Å². The Hall–Kier alpha value is -1.75. The molecule has 4 rings (SSSR count). The van der Waals surface area contributed by atoms with Crippen LogP contribution in [0.1, 0.15) is 56.6 Å². The van der Waals surface area contributed by atoms with Gasteiger partial charge in [0.25, 0.3) is 0 Å². The Labute approximate surface area is 137 Å². The molecule has 5 nitrogen and oxygen atoms in total. The summed E-state index contributed by atoms with van der Waals surface area (Å²) in [6.45, 7) is 2.38. The molecular weight excluding hydrogens is 286 g/mol. The van der Waals surface area contributed by atoms with E-state index in [4.69, 9.17) is 4.98 Å². The average Bonchev–Trinajstić information content (AvgIpc) is 3.17. The zero-order valence-corrected chi connectivity index (χ0v) is 13.6. The number of likely N-dealkylation sites (tertiary alicyclic amines) is 1. The third kappa shape index (κ3) is 3.15. The van der Waals surface area contributed by atoms with Crippen molar-refractivity contribution in [2.24, 2.45) is 0 Å². The Balaban J connectivity index is 1.56. The highest BCUT2D eigenvalue weighted by atomic mass is 15.2. The molecule has 2 aliphatic rings. The number of hydrogen-bond acceptors (Lipinski definition) is 4. The minimum Gasteiger partial charge on any atom is -0.300 e.